The summed E-state index contributed by atoms with van der Waals surface area (Å²) in [5.41, 5.74) is -0.832. The number of carbonyl (C=O) groups excluding carboxylic acids is 2. The van der Waals surface area contributed by atoms with Gasteiger partial charge in [0.25, 0.3) is 5.91 Å². The molecule has 86 valence electrons. The van der Waals surface area contributed by atoms with Crippen LogP contribution in [0.15, 0.2) is 0 Å². The monoisotopic (exact) mass is 213 g/mol. The number of hydrogen-bond donors (Lipinski definition) is 2. The van der Waals surface area contributed by atoms with Gasteiger partial charge in [-0.3, -0.25) is 10.1 Å². The van der Waals surface area contributed by atoms with Crippen molar-refractivity contribution in [3.63, 3.8) is 0 Å². The summed E-state index contributed by atoms with van der Waals surface area (Å²) in [6.45, 7) is 6.04. The van der Waals surface area contributed by atoms with E-state index < -0.39 is 11.6 Å². The molecule has 1 aliphatic rings. The lowest BCUT2D eigenvalue weighted by Crippen LogP contribution is -2.53. The number of nitrogens with two attached hydrogens (primary N) is 1. The standard InChI is InChI=1S/C10H19N3O2/c1-4-10(6-5-7(2)3)8(14)12-9(15)13(10)11/h7H,4-6,11H2,1-3H3,(H,12,14,15). The first-order valence-corrected chi connectivity index (χ1v) is 5.34. The van der Waals surface area contributed by atoms with Gasteiger partial charge in [-0.05, 0) is 25.2 Å². The SMILES string of the molecule is CCC1(CCC(C)C)C(=O)NC(=O)N1N. The van der Waals surface area contributed by atoms with Crippen LogP contribution in [0.4, 0.5) is 4.79 Å². The number of nitrogens with zero attached hydrogens (tertiary/aromatic N) is 1. The van der Waals surface area contributed by atoms with Crippen molar-refractivity contribution in [3.8, 4) is 0 Å². The van der Waals surface area contributed by atoms with Gasteiger partial charge in [0.05, 0.1) is 0 Å². The second-order valence-electron chi connectivity index (χ2n) is 4.45. The second-order valence-corrected chi connectivity index (χ2v) is 4.45. The smallest absolute Gasteiger partial charge is 0.275 e. The molecular weight excluding hydrogens is 194 g/mol. The molecule has 0 aromatic rings. The number of hydrazine groups is 1. The third kappa shape index (κ3) is 1.97. The number of carbonyl (C=O) groups is 2. The molecule has 0 aromatic heterocycles. The van der Waals surface area contributed by atoms with Crippen molar-refractivity contribution < 1.29 is 9.59 Å². The molecule has 0 spiro atoms. The first-order chi connectivity index (χ1) is 6.94. The Labute approximate surface area is 90.0 Å². The highest BCUT2D eigenvalue weighted by atomic mass is 16.2. The van der Waals surface area contributed by atoms with Crippen molar-refractivity contribution in [2.24, 2.45) is 11.8 Å². The number of rotatable bonds is 4. The van der Waals surface area contributed by atoms with Crippen molar-refractivity contribution in [3.05, 3.63) is 0 Å². The molecule has 1 rings (SSSR count). The summed E-state index contributed by atoms with van der Waals surface area (Å²) < 4.78 is 0. The van der Waals surface area contributed by atoms with E-state index in [-0.39, 0.29) is 5.91 Å². The molecule has 1 fully saturated rings. The molecular formula is C10H19N3O2. The maximum atomic E-state index is 11.7. The van der Waals surface area contributed by atoms with Crippen LogP contribution in [0, 0.1) is 5.92 Å². The van der Waals surface area contributed by atoms with E-state index >= 15 is 0 Å². The molecule has 0 bridgehead atoms. The lowest BCUT2D eigenvalue weighted by Gasteiger charge is -2.31. The lowest BCUT2D eigenvalue weighted by molar-refractivity contribution is -0.127. The van der Waals surface area contributed by atoms with Crippen LogP contribution in [0.1, 0.15) is 40.0 Å². The van der Waals surface area contributed by atoms with Crippen LogP contribution in [-0.4, -0.2) is 22.5 Å². The summed E-state index contributed by atoms with van der Waals surface area (Å²) in [5.74, 6) is 5.87. The molecule has 5 nitrogen and oxygen atoms in total. The Morgan fingerprint density at radius 1 is 1.47 bits per heavy atom. The molecule has 3 amide bonds. The maximum Gasteiger partial charge on any atom is 0.339 e. The highest BCUT2D eigenvalue weighted by molar-refractivity contribution is 6.06. The van der Waals surface area contributed by atoms with Gasteiger partial charge in [-0.2, -0.15) is 0 Å². The van der Waals surface area contributed by atoms with Gasteiger partial charge in [0, 0.05) is 0 Å². The Morgan fingerprint density at radius 3 is 2.40 bits per heavy atom. The fourth-order valence-electron chi connectivity index (χ4n) is 1.85. The van der Waals surface area contributed by atoms with Gasteiger partial charge in [-0.1, -0.05) is 20.8 Å². The van der Waals surface area contributed by atoms with Crippen LogP contribution in [0.5, 0.6) is 0 Å². The van der Waals surface area contributed by atoms with E-state index in [9.17, 15) is 9.59 Å². The Morgan fingerprint density at radius 2 is 2.07 bits per heavy atom. The van der Waals surface area contributed by atoms with Crippen LogP contribution >= 0.6 is 0 Å². The van der Waals surface area contributed by atoms with Crippen molar-refractivity contribution in [2.45, 2.75) is 45.6 Å². The minimum Gasteiger partial charge on any atom is -0.275 e. The van der Waals surface area contributed by atoms with Gasteiger partial charge in [0.15, 0.2) is 0 Å². The highest BCUT2D eigenvalue weighted by Crippen LogP contribution is 2.29. The fourth-order valence-corrected chi connectivity index (χ4v) is 1.85. The minimum atomic E-state index is -0.832. The minimum absolute atomic E-state index is 0.266. The fraction of sp³-hybridized carbons (Fsp3) is 0.800. The predicted octanol–water partition coefficient (Wildman–Crippen LogP) is 0.997. The van der Waals surface area contributed by atoms with Gasteiger partial charge in [-0.15, -0.1) is 0 Å². The van der Waals surface area contributed by atoms with Gasteiger partial charge >= 0.3 is 6.03 Å². The van der Waals surface area contributed by atoms with E-state index in [1.54, 1.807) is 0 Å². The third-order valence-corrected chi connectivity index (χ3v) is 3.04. The topological polar surface area (TPSA) is 75.4 Å². The predicted molar refractivity (Wildman–Crippen MR) is 56.7 cm³/mol. The highest BCUT2D eigenvalue weighted by Gasteiger charge is 2.50. The number of hydrogen-bond acceptors (Lipinski definition) is 3. The van der Waals surface area contributed by atoms with Crippen LogP contribution < -0.4 is 11.2 Å². The number of urea groups is 1. The first-order valence-electron chi connectivity index (χ1n) is 5.34. The maximum absolute atomic E-state index is 11.7. The quantitative estimate of drug-likeness (QED) is 0.415. The molecule has 1 aliphatic heterocycles. The second kappa shape index (κ2) is 4.18. The van der Waals surface area contributed by atoms with Crippen molar-refractivity contribution in [1.29, 1.82) is 0 Å². The van der Waals surface area contributed by atoms with Crippen LogP contribution in [0.3, 0.4) is 0 Å². The molecule has 1 heterocycles. The molecule has 1 atom stereocenters. The third-order valence-electron chi connectivity index (χ3n) is 3.04. The summed E-state index contributed by atoms with van der Waals surface area (Å²) in [6.07, 6.45) is 2.05. The average Bonchev–Trinajstić information content (AvgIpc) is 2.37. The summed E-state index contributed by atoms with van der Waals surface area (Å²) in [4.78, 5) is 23.0. The zero-order valence-corrected chi connectivity index (χ0v) is 9.54. The molecule has 0 aliphatic carbocycles. The summed E-state index contributed by atoms with van der Waals surface area (Å²) >= 11 is 0. The normalized spacial score (nSPS) is 26.3. The van der Waals surface area contributed by atoms with Crippen molar-refractivity contribution >= 4 is 11.9 Å². The molecule has 0 aromatic carbocycles. The molecule has 5 heteroatoms. The first kappa shape index (κ1) is 12.0. The summed E-state index contributed by atoms with van der Waals surface area (Å²) in [7, 11) is 0. The molecule has 0 saturated carbocycles. The van der Waals surface area contributed by atoms with Crippen LogP contribution in [0.25, 0.3) is 0 Å². The summed E-state index contributed by atoms with van der Waals surface area (Å²) in [5, 5.41) is 3.31. The van der Waals surface area contributed by atoms with E-state index in [0.29, 0.717) is 18.8 Å². The van der Waals surface area contributed by atoms with Crippen molar-refractivity contribution in [1.82, 2.24) is 10.3 Å². The number of amides is 3. The average molecular weight is 213 g/mol. The largest absolute Gasteiger partial charge is 0.339 e. The zero-order valence-electron chi connectivity index (χ0n) is 9.54. The Hall–Kier alpha value is -1.10. The molecule has 1 unspecified atom stereocenters. The molecule has 1 saturated heterocycles. The van der Waals surface area contributed by atoms with Gasteiger partial charge in [0.2, 0.25) is 0 Å². The van der Waals surface area contributed by atoms with E-state index in [2.05, 4.69) is 19.2 Å². The zero-order chi connectivity index (χ0) is 11.6. The van der Waals surface area contributed by atoms with E-state index in [1.165, 1.54) is 0 Å². The van der Waals surface area contributed by atoms with Gasteiger partial charge in [0.1, 0.15) is 5.54 Å². The Bertz CT molecular complexity index is 278. The van der Waals surface area contributed by atoms with Crippen LogP contribution in [-0.2, 0) is 4.79 Å². The molecule has 15 heavy (non-hydrogen) atoms. The van der Waals surface area contributed by atoms with E-state index in [1.807, 2.05) is 6.92 Å². The van der Waals surface area contributed by atoms with Crippen LogP contribution in [0.2, 0.25) is 0 Å². The van der Waals surface area contributed by atoms with Gasteiger partial charge in [-0.25, -0.2) is 15.6 Å². The van der Waals surface area contributed by atoms with E-state index in [0.717, 1.165) is 11.4 Å². The lowest BCUT2D eigenvalue weighted by atomic mass is 9.87. The van der Waals surface area contributed by atoms with Crippen molar-refractivity contribution in [2.75, 3.05) is 0 Å². The van der Waals surface area contributed by atoms with Gasteiger partial charge < -0.3 is 0 Å². The molecule has 3 N–H and O–H groups in total. The van der Waals surface area contributed by atoms with E-state index in [4.69, 9.17) is 5.84 Å². The Balaban J connectivity index is 2.83. The number of nitrogens with one attached hydrogen (secondary N) is 1. The molecule has 0 radical (unpaired) electrons. The number of imide groups is 1. The Kier molecular flexibility index (Phi) is 3.34. The summed E-state index contributed by atoms with van der Waals surface area (Å²) in [6, 6.07) is -0.495.